The Morgan fingerprint density at radius 3 is 2.83 bits per heavy atom. The summed E-state index contributed by atoms with van der Waals surface area (Å²) in [6.07, 6.45) is 1.59. The Kier molecular flexibility index (Phi) is 6.47. The molecular weight excluding hydrogens is 413 g/mol. The number of cyclic esters (lactones) is 1. The summed E-state index contributed by atoms with van der Waals surface area (Å²) in [5, 5.41) is 12.2. The molecular formula is C20H26FN3O5S. The Hall–Kier alpha value is -2.46. The predicted octanol–water partition coefficient (Wildman–Crippen LogP) is 1.92. The van der Waals surface area contributed by atoms with Crippen molar-refractivity contribution in [3.05, 3.63) is 35.7 Å². The number of hydrogen-bond acceptors (Lipinski definition) is 6. The fourth-order valence-corrected chi connectivity index (χ4v) is 5.23. The molecule has 3 rings (SSSR count). The predicted molar refractivity (Wildman–Crippen MR) is 112 cm³/mol. The molecule has 2 heterocycles. The number of nitrogens with zero attached hydrogens (tertiary/aromatic N) is 2. The normalized spacial score (nSPS) is 24.3. The summed E-state index contributed by atoms with van der Waals surface area (Å²) >= 11 is 0. The van der Waals surface area contributed by atoms with Crippen LogP contribution in [0.2, 0.25) is 0 Å². The number of allylic oxidation sites excluding steroid dienone is 1. The molecule has 8 nitrogen and oxygen atoms in total. The zero-order chi connectivity index (χ0) is 21.9. The first-order valence-electron chi connectivity index (χ1n) is 9.65. The number of amides is 2. The summed E-state index contributed by atoms with van der Waals surface area (Å²) in [6, 6.07) is 4.51. The third kappa shape index (κ3) is 5.37. The van der Waals surface area contributed by atoms with Crippen LogP contribution in [0.25, 0.3) is 5.57 Å². The summed E-state index contributed by atoms with van der Waals surface area (Å²) in [6.45, 7) is 3.71. The molecule has 0 bridgehead atoms. The topological polar surface area (TPSA) is 108 Å². The number of carbonyl (C=O) groups excluding carboxylic acids is 2. The Morgan fingerprint density at radius 1 is 1.47 bits per heavy atom. The van der Waals surface area contributed by atoms with Gasteiger partial charge in [0.2, 0.25) is 6.41 Å². The van der Waals surface area contributed by atoms with E-state index in [2.05, 4.69) is 9.68 Å². The first-order chi connectivity index (χ1) is 14.1. The molecule has 0 saturated carbocycles. The van der Waals surface area contributed by atoms with Crippen molar-refractivity contribution in [1.29, 1.82) is 0 Å². The van der Waals surface area contributed by atoms with Crippen LogP contribution in [0, 0.1) is 5.82 Å². The molecule has 1 aromatic rings. The van der Waals surface area contributed by atoms with Gasteiger partial charge in [0.15, 0.2) is 0 Å². The van der Waals surface area contributed by atoms with E-state index in [1.807, 2.05) is 0 Å². The minimum atomic E-state index is -2.45. The number of aliphatic hydroxyl groups is 1. The highest BCUT2D eigenvalue weighted by atomic mass is 32.2. The number of rotatable bonds is 7. The van der Waals surface area contributed by atoms with Crippen LogP contribution >= 0.6 is 0 Å². The van der Waals surface area contributed by atoms with Crippen LogP contribution in [0.5, 0.6) is 0 Å². The molecule has 1 fully saturated rings. The van der Waals surface area contributed by atoms with Crippen molar-refractivity contribution in [2.24, 2.45) is 4.36 Å². The van der Waals surface area contributed by atoms with Crippen molar-refractivity contribution < 1.29 is 28.0 Å². The molecule has 1 unspecified atom stereocenters. The molecule has 0 radical (unpaired) electrons. The van der Waals surface area contributed by atoms with Gasteiger partial charge in [0.1, 0.15) is 11.9 Å². The fourth-order valence-electron chi connectivity index (χ4n) is 3.27. The maximum absolute atomic E-state index is 14.8. The minimum absolute atomic E-state index is 0.0906. The lowest BCUT2D eigenvalue weighted by molar-refractivity contribution is -0.109. The molecule has 0 aromatic heterocycles. The highest BCUT2D eigenvalue weighted by Crippen LogP contribution is 2.30. The number of nitrogens with one attached hydrogen (secondary N) is 1. The zero-order valence-corrected chi connectivity index (χ0v) is 17.8. The number of hydrogen-bond donors (Lipinski definition) is 2. The van der Waals surface area contributed by atoms with Gasteiger partial charge in [0.25, 0.3) is 0 Å². The monoisotopic (exact) mass is 439 g/mol. The van der Waals surface area contributed by atoms with E-state index in [4.69, 9.17) is 4.74 Å². The third-order valence-electron chi connectivity index (χ3n) is 4.88. The van der Waals surface area contributed by atoms with Crippen LogP contribution in [-0.4, -0.2) is 64.7 Å². The lowest BCUT2D eigenvalue weighted by Crippen LogP contribution is -2.30. The maximum atomic E-state index is 14.8. The van der Waals surface area contributed by atoms with Crippen molar-refractivity contribution in [1.82, 2.24) is 5.32 Å². The lowest BCUT2D eigenvalue weighted by Gasteiger charge is -2.21. The number of ether oxygens (including phenoxy) is 1. The molecule has 0 aliphatic carbocycles. The molecule has 0 spiro atoms. The van der Waals surface area contributed by atoms with Crippen molar-refractivity contribution >= 4 is 33.5 Å². The second kappa shape index (κ2) is 8.73. The van der Waals surface area contributed by atoms with Gasteiger partial charge in [-0.15, -0.1) is 0 Å². The highest BCUT2D eigenvalue weighted by Gasteiger charge is 2.32. The van der Waals surface area contributed by atoms with E-state index >= 15 is 0 Å². The second-order valence-electron chi connectivity index (χ2n) is 8.03. The quantitative estimate of drug-likeness (QED) is 0.631. The van der Waals surface area contributed by atoms with Crippen LogP contribution in [0.1, 0.15) is 25.8 Å². The SMILES string of the molecule is CC(C)(O)CN=S1(=O)CC=C(c2ccc(N3C[C@H](CNC=O)OC3=O)cc2F)CC1. The highest BCUT2D eigenvalue weighted by molar-refractivity contribution is 7.93. The largest absolute Gasteiger partial charge is 0.442 e. The molecule has 10 heteroatoms. The first-order valence-corrected chi connectivity index (χ1v) is 11.5. The van der Waals surface area contributed by atoms with Gasteiger partial charge in [0.05, 0.1) is 46.4 Å². The van der Waals surface area contributed by atoms with E-state index in [0.717, 1.165) is 5.57 Å². The third-order valence-corrected chi connectivity index (χ3v) is 7.01. The van der Waals surface area contributed by atoms with Crippen molar-refractivity contribution in [2.75, 3.05) is 36.0 Å². The molecule has 1 saturated heterocycles. The number of benzene rings is 1. The molecule has 1 aromatic carbocycles. The zero-order valence-electron chi connectivity index (χ0n) is 17.0. The molecule has 2 N–H and O–H groups in total. The Labute approximate surface area is 175 Å². The maximum Gasteiger partial charge on any atom is 0.414 e. The van der Waals surface area contributed by atoms with E-state index in [1.165, 1.54) is 11.0 Å². The Bertz CT molecular complexity index is 979. The van der Waals surface area contributed by atoms with Crippen molar-refractivity contribution in [3.63, 3.8) is 0 Å². The van der Waals surface area contributed by atoms with Gasteiger partial charge >= 0.3 is 6.09 Å². The number of carbonyl (C=O) groups is 2. The summed E-state index contributed by atoms with van der Waals surface area (Å²) in [5.74, 6) is 0.0338. The Morgan fingerprint density at radius 2 is 2.23 bits per heavy atom. The second-order valence-corrected chi connectivity index (χ2v) is 10.6. The first kappa shape index (κ1) is 22.2. The minimum Gasteiger partial charge on any atom is -0.442 e. The van der Waals surface area contributed by atoms with Gasteiger partial charge in [-0.3, -0.25) is 9.69 Å². The standard InChI is InChI=1S/C20H26FN3O5S/c1-20(2,27)12-23-30(28)7-5-14(6-8-30)17-4-3-15(9-18(17)21)24-11-16(10-22-13-25)29-19(24)26/h3-5,9,13,16,27H,6-8,10-12H2,1-2H3,(H,22,25)/t16-,30?/m0/s1. The average molecular weight is 440 g/mol. The Balaban J connectivity index is 1.73. The summed E-state index contributed by atoms with van der Waals surface area (Å²) in [7, 11) is -2.45. The molecule has 30 heavy (non-hydrogen) atoms. The van der Waals surface area contributed by atoms with Gasteiger partial charge in [-0.1, -0.05) is 6.08 Å². The number of anilines is 1. The molecule has 164 valence electrons. The van der Waals surface area contributed by atoms with Gasteiger partial charge < -0.3 is 15.2 Å². The van der Waals surface area contributed by atoms with Crippen molar-refractivity contribution in [3.8, 4) is 0 Å². The van der Waals surface area contributed by atoms with Crippen LogP contribution in [0.3, 0.4) is 0 Å². The summed E-state index contributed by atoms with van der Waals surface area (Å²) in [5.41, 5.74) is 0.494. The van der Waals surface area contributed by atoms with E-state index in [1.54, 1.807) is 32.1 Å². The van der Waals surface area contributed by atoms with Crippen LogP contribution in [0.4, 0.5) is 14.9 Å². The fraction of sp³-hybridized carbons (Fsp3) is 0.500. The lowest BCUT2D eigenvalue weighted by atomic mass is 10.0. The summed E-state index contributed by atoms with van der Waals surface area (Å²) in [4.78, 5) is 23.8. The van der Waals surface area contributed by atoms with Crippen LogP contribution in [-0.2, 0) is 19.3 Å². The van der Waals surface area contributed by atoms with Gasteiger partial charge in [-0.05, 0) is 44.0 Å². The van der Waals surface area contributed by atoms with E-state index < -0.39 is 33.3 Å². The van der Waals surface area contributed by atoms with E-state index in [9.17, 15) is 23.3 Å². The van der Waals surface area contributed by atoms with E-state index in [0.29, 0.717) is 29.8 Å². The molecule has 2 atom stereocenters. The van der Waals surface area contributed by atoms with Crippen LogP contribution in [0.15, 0.2) is 28.6 Å². The number of halogens is 1. The van der Waals surface area contributed by atoms with Crippen LogP contribution < -0.4 is 10.2 Å². The average Bonchev–Trinajstić information content (AvgIpc) is 3.06. The van der Waals surface area contributed by atoms with E-state index in [-0.39, 0.29) is 25.4 Å². The molecule has 2 aliphatic heterocycles. The van der Waals surface area contributed by atoms with Gasteiger partial charge in [-0.2, -0.15) is 0 Å². The molecule has 2 aliphatic rings. The summed E-state index contributed by atoms with van der Waals surface area (Å²) < 4.78 is 36.9. The van der Waals surface area contributed by atoms with Crippen molar-refractivity contribution in [2.45, 2.75) is 32.0 Å². The van der Waals surface area contributed by atoms with Gasteiger partial charge in [0, 0.05) is 11.3 Å². The smallest absolute Gasteiger partial charge is 0.414 e. The van der Waals surface area contributed by atoms with Gasteiger partial charge in [-0.25, -0.2) is 17.8 Å². The molecule has 2 amide bonds.